The number of aliphatic hydroxyl groups is 1. The smallest absolute Gasteiger partial charge is 0.462 e. The first-order valence-corrected chi connectivity index (χ1v) is 45.1. The summed E-state index contributed by atoms with van der Waals surface area (Å²) in [4.78, 5) is 73.0. The van der Waals surface area contributed by atoms with E-state index < -0.39 is 97.5 Å². The minimum absolute atomic E-state index is 0.108. The van der Waals surface area contributed by atoms with Crippen LogP contribution in [0.5, 0.6) is 0 Å². The van der Waals surface area contributed by atoms with Gasteiger partial charge in [-0.2, -0.15) is 0 Å². The van der Waals surface area contributed by atoms with Crippen LogP contribution in [-0.4, -0.2) is 96.7 Å². The predicted molar refractivity (Wildman–Crippen MR) is 409 cm³/mol. The number of carbonyl (C=O) groups is 4. The number of phosphoric acid groups is 2. The van der Waals surface area contributed by atoms with Gasteiger partial charge < -0.3 is 33.8 Å². The first kappa shape index (κ1) is 98.1. The molecule has 5 atom stereocenters. The Morgan fingerprint density at radius 2 is 0.460 bits per heavy atom. The number of rotatable bonds is 81. The van der Waals surface area contributed by atoms with Gasteiger partial charge in [0.2, 0.25) is 0 Å². The fourth-order valence-electron chi connectivity index (χ4n) is 12.6. The molecule has 0 amide bonds. The van der Waals surface area contributed by atoms with Crippen molar-refractivity contribution in [2.45, 2.75) is 451 Å². The summed E-state index contributed by atoms with van der Waals surface area (Å²) in [6.45, 7) is 7.28. The maximum atomic E-state index is 13.1. The second kappa shape index (κ2) is 73.9. The molecule has 0 saturated heterocycles. The van der Waals surface area contributed by atoms with Gasteiger partial charge in [-0.25, -0.2) is 9.13 Å². The third kappa shape index (κ3) is 74.3. The van der Waals surface area contributed by atoms with Gasteiger partial charge in [-0.05, 0) is 31.6 Å². The molecule has 0 radical (unpaired) electrons. The highest BCUT2D eigenvalue weighted by Gasteiger charge is 2.30. The van der Waals surface area contributed by atoms with Crippen LogP contribution in [0.4, 0.5) is 0 Å². The van der Waals surface area contributed by atoms with Crippen molar-refractivity contribution >= 4 is 39.5 Å². The Balaban J connectivity index is 5.21. The molecule has 0 rings (SSSR count). The minimum atomic E-state index is -4.96. The minimum Gasteiger partial charge on any atom is -0.462 e. The molecule has 0 heterocycles. The van der Waals surface area contributed by atoms with E-state index >= 15 is 0 Å². The summed E-state index contributed by atoms with van der Waals surface area (Å²) in [6.07, 6.45) is 65.3. The first-order chi connectivity index (χ1) is 48.5. The molecule has 0 aromatic carbocycles. The molecule has 0 fully saturated rings. The van der Waals surface area contributed by atoms with Gasteiger partial charge in [0.1, 0.15) is 19.3 Å². The van der Waals surface area contributed by atoms with Crippen LogP contribution in [0.25, 0.3) is 0 Å². The van der Waals surface area contributed by atoms with Crippen LogP contribution in [-0.2, 0) is 65.4 Å². The summed E-state index contributed by atoms with van der Waals surface area (Å²) >= 11 is 0. The molecule has 0 aromatic heterocycles. The van der Waals surface area contributed by atoms with Gasteiger partial charge in [0.05, 0.1) is 26.4 Å². The van der Waals surface area contributed by atoms with E-state index in [4.69, 9.17) is 37.0 Å². The van der Waals surface area contributed by atoms with Crippen LogP contribution >= 0.6 is 15.6 Å². The van der Waals surface area contributed by atoms with Crippen LogP contribution in [0, 0.1) is 5.92 Å². The average molecular weight is 1470 g/mol. The van der Waals surface area contributed by atoms with Crippen molar-refractivity contribution in [3.05, 3.63) is 0 Å². The first-order valence-electron chi connectivity index (χ1n) is 42.1. The van der Waals surface area contributed by atoms with Gasteiger partial charge in [0, 0.05) is 25.7 Å². The quantitative estimate of drug-likeness (QED) is 0.0222. The molecule has 0 aliphatic carbocycles. The molecule has 2 unspecified atom stereocenters. The lowest BCUT2D eigenvalue weighted by Crippen LogP contribution is -2.30. The zero-order valence-corrected chi connectivity index (χ0v) is 67.1. The molecule has 0 aliphatic heterocycles. The lowest BCUT2D eigenvalue weighted by Gasteiger charge is -2.21. The maximum absolute atomic E-state index is 13.1. The fraction of sp³-hybridized carbons (Fsp3) is 0.951. The highest BCUT2D eigenvalue weighted by molar-refractivity contribution is 7.47. The molecule has 0 aliphatic rings. The lowest BCUT2D eigenvalue weighted by atomic mass is 10.0. The number of unbranched alkanes of at least 4 members (excludes halogenated alkanes) is 53. The van der Waals surface area contributed by atoms with Crippen LogP contribution in [0.1, 0.15) is 433 Å². The second-order valence-electron chi connectivity index (χ2n) is 29.6. The number of esters is 4. The largest absolute Gasteiger partial charge is 0.472 e. The van der Waals surface area contributed by atoms with Crippen molar-refractivity contribution in [2.75, 3.05) is 39.6 Å². The molecule has 3 N–H and O–H groups in total. The van der Waals surface area contributed by atoms with Crippen molar-refractivity contribution in [3.8, 4) is 0 Å². The molecule has 594 valence electrons. The van der Waals surface area contributed by atoms with E-state index in [1.54, 1.807) is 0 Å². The van der Waals surface area contributed by atoms with Crippen LogP contribution in [0.15, 0.2) is 0 Å². The number of carbonyl (C=O) groups excluding carboxylic acids is 4. The van der Waals surface area contributed by atoms with E-state index in [1.807, 2.05) is 0 Å². The van der Waals surface area contributed by atoms with Crippen LogP contribution in [0.3, 0.4) is 0 Å². The monoisotopic (exact) mass is 1470 g/mol. The standard InChI is InChI=1S/C81H158O17P2/c1-6-9-12-15-18-21-24-27-30-31-32-33-34-35-37-40-43-46-51-57-62-67-80(85)97-76(70-91-78(83)64-59-54-49-44-41-39-36-28-25-22-19-16-13-10-7-2)72-95-99(87,88)93-68-75(82)69-94-100(89,90)96-73-77(71-92-79(84)65-60-55-52-47-48-53-58-63-74(4)5)98-81(86)66-61-56-50-45-42-38-29-26-23-20-17-14-11-8-3/h74-77,82H,6-73H2,1-5H3,(H,87,88)(H,89,90)/t75-,76-,77-/m1/s1. The molecular formula is C81H158O17P2. The average Bonchev–Trinajstić information content (AvgIpc) is 0.912. The summed E-state index contributed by atoms with van der Waals surface area (Å²) in [5, 5.41) is 10.6. The highest BCUT2D eigenvalue weighted by atomic mass is 31.2. The van der Waals surface area contributed by atoms with E-state index in [1.165, 1.54) is 250 Å². The van der Waals surface area contributed by atoms with E-state index in [9.17, 15) is 43.2 Å². The SMILES string of the molecule is CCCCCCCCCCCCCCCCCCCCCCCC(=O)O[C@H](COC(=O)CCCCCCCCCCCCCCCCC)COP(=O)(O)OC[C@@H](O)COP(=O)(O)OC[C@@H](COC(=O)CCCCCCCCCC(C)C)OC(=O)CCCCCCCCCCCCCCCC. The summed E-state index contributed by atoms with van der Waals surface area (Å²) in [6, 6.07) is 0. The summed E-state index contributed by atoms with van der Waals surface area (Å²) in [5.41, 5.74) is 0. The van der Waals surface area contributed by atoms with Gasteiger partial charge >= 0.3 is 39.5 Å². The maximum Gasteiger partial charge on any atom is 0.472 e. The van der Waals surface area contributed by atoms with Crippen molar-refractivity contribution < 1.29 is 80.2 Å². The molecule has 17 nitrogen and oxygen atoms in total. The number of aliphatic hydroxyl groups excluding tert-OH is 1. The summed E-state index contributed by atoms with van der Waals surface area (Å²) in [7, 11) is -9.92. The Hall–Kier alpha value is -1.94. The van der Waals surface area contributed by atoms with Crippen molar-refractivity contribution in [1.82, 2.24) is 0 Å². The Morgan fingerprint density at radius 3 is 0.680 bits per heavy atom. The van der Waals surface area contributed by atoms with Gasteiger partial charge in [-0.15, -0.1) is 0 Å². The second-order valence-corrected chi connectivity index (χ2v) is 32.5. The molecule has 100 heavy (non-hydrogen) atoms. The summed E-state index contributed by atoms with van der Waals surface area (Å²) < 4.78 is 68.7. The van der Waals surface area contributed by atoms with Crippen molar-refractivity contribution in [1.29, 1.82) is 0 Å². The Bertz CT molecular complexity index is 1910. The van der Waals surface area contributed by atoms with Crippen molar-refractivity contribution in [3.63, 3.8) is 0 Å². The van der Waals surface area contributed by atoms with Gasteiger partial charge in [-0.1, -0.05) is 381 Å². The number of hydrogen-bond donors (Lipinski definition) is 3. The fourth-order valence-corrected chi connectivity index (χ4v) is 14.2. The summed E-state index contributed by atoms with van der Waals surface area (Å²) in [5.74, 6) is -1.40. The van der Waals surface area contributed by atoms with Crippen LogP contribution < -0.4 is 0 Å². The normalized spacial score (nSPS) is 13.8. The molecule has 0 spiro atoms. The number of phosphoric ester groups is 2. The molecule has 19 heteroatoms. The third-order valence-electron chi connectivity index (χ3n) is 19.0. The Kier molecular flexibility index (Phi) is 72.5. The van der Waals surface area contributed by atoms with E-state index in [0.29, 0.717) is 31.6 Å². The third-order valence-corrected chi connectivity index (χ3v) is 20.9. The van der Waals surface area contributed by atoms with E-state index in [0.717, 1.165) is 96.3 Å². The zero-order chi connectivity index (χ0) is 73.4. The van der Waals surface area contributed by atoms with Crippen LogP contribution in [0.2, 0.25) is 0 Å². The zero-order valence-electron chi connectivity index (χ0n) is 65.3. The molecule has 0 saturated carbocycles. The van der Waals surface area contributed by atoms with Crippen molar-refractivity contribution in [2.24, 2.45) is 5.92 Å². The molecular weight excluding hydrogens is 1310 g/mol. The topological polar surface area (TPSA) is 237 Å². The lowest BCUT2D eigenvalue weighted by molar-refractivity contribution is -0.161. The predicted octanol–water partition coefficient (Wildman–Crippen LogP) is 24.4. The molecule has 0 aromatic rings. The number of hydrogen-bond acceptors (Lipinski definition) is 15. The van der Waals surface area contributed by atoms with Gasteiger partial charge in [0.25, 0.3) is 0 Å². The van der Waals surface area contributed by atoms with Gasteiger partial charge in [-0.3, -0.25) is 37.3 Å². The van der Waals surface area contributed by atoms with E-state index in [-0.39, 0.29) is 25.7 Å². The highest BCUT2D eigenvalue weighted by Crippen LogP contribution is 2.45. The Labute approximate surface area is 613 Å². The number of ether oxygens (including phenoxy) is 4. The van der Waals surface area contributed by atoms with E-state index in [2.05, 4.69) is 34.6 Å². The molecule has 0 bridgehead atoms. The Morgan fingerprint density at radius 1 is 0.270 bits per heavy atom. The van der Waals surface area contributed by atoms with Gasteiger partial charge in [0.15, 0.2) is 12.2 Å².